The van der Waals surface area contributed by atoms with Gasteiger partial charge in [0.15, 0.2) is 5.70 Å². The van der Waals surface area contributed by atoms with Crippen molar-refractivity contribution < 1.29 is 14.3 Å². The van der Waals surface area contributed by atoms with Gasteiger partial charge in [-0.05, 0) is 57.9 Å². The first-order valence-electron chi connectivity index (χ1n) is 6.69. The Morgan fingerprint density at radius 2 is 2.09 bits per heavy atom. The van der Waals surface area contributed by atoms with E-state index in [1.165, 1.54) is 0 Å². The Morgan fingerprint density at radius 3 is 2.78 bits per heavy atom. The minimum atomic E-state index is -0.498. The molecule has 0 spiro atoms. The lowest BCUT2D eigenvalue weighted by molar-refractivity contribution is -0.129. The Bertz CT molecular complexity index is 845. The molecule has 0 amide bonds. The zero-order chi connectivity index (χ0) is 16.4. The predicted octanol–water partition coefficient (Wildman–Crippen LogP) is 4.46. The fraction of sp³-hybridized carbons (Fsp3) is 0.0588. The Labute approximate surface area is 146 Å². The van der Waals surface area contributed by atoms with E-state index in [0.29, 0.717) is 16.3 Å². The first kappa shape index (κ1) is 15.8. The van der Waals surface area contributed by atoms with Crippen LogP contribution in [0.1, 0.15) is 11.1 Å². The molecule has 116 valence electrons. The van der Waals surface area contributed by atoms with Crippen molar-refractivity contribution in [3.05, 3.63) is 68.8 Å². The summed E-state index contributed by atoms with van der Waals surface area (Å²) in [4.78, 5) is 16.3. The van der Waals surface area contributed by atoms with E-state index in [1.807, 2.05) is 6.07 Å². The highest BCUT2D eigenvalue weighted by atomic mass is 79.9. The first-order chi connectivity index (χ1) is 11.1. The molecule has 1 aliphatic heterocycles. The molecule has 0 fully saturated rings. The molecule has 0 atom stereocenters. The summed E-state index contributed by atoms with van der Waals surface area (Å²) >= 11 is 9.37. The largest absolute Gasteiger partial charge is 0.497 e. The summed E-state index contributed by atoms with van der Waals surface area (Å²) in [5.74, 6) is 0.445. The number of aliphatic imine (C=N–C) groups is 1. The van der Waals surface area contributed by atoms with Crippen LogP contribution in [0.2, 0.25) is 5.02 Å². The number of carbonyl (C=O) groups excluding carboxylic acids is 1. The molecule has 2 aromatic carbocycles. The standard InChI is InChI=1S/C17H11BrClNO3/c1-22-12-5-6-13(14(18)9-12)16-20-15(17(21)23-16)8-10-3-2-4-11(19)7-10/h2-9H,1H3. The molecule has 0 saturated heterocycles. The van der Waals surface area contributed by atoms with Gasteiger partial charge in [0.25, 0.3) is 0 Å². The molecule has 4 nitrogen and oxygen atoms in total. The van der Waals surface area contributed by atoms with Gasteiger partial charge in [-0.15, -0.1) is 0 Å². The quantitative estimate of drug-likeness (QED) is 0.572. The molecule has 0 N–H and O–H groups in total. The van der Waals surface area contributed by atoms with Crippen molar-refractivity contribution in [2.75, 3.05) is 7.11 Å². The maximum atomic E-state index is 12.0. The molecular weight excluding hydrogens is 382 g/mol. The number of hydrogen-bond acceptors (Lipinski definition) is 4. The fourth-order valence-electron chi connectivity index (χ4n) is 2.07. The van der Waals surface area contributed by atoms with Crippen LogP contribution >= 0.6 is 27.5 Å². The van der Waals surface area contributed by atoms with E-state index in [9.17, 15) is 4.79 Å². The molecule has 23 heavy (non-hydrogen) atoms. The van der Waals surface area contributed by atoms with Crippen LogP contribution in [0.5, 0.6) is 5.75 Å². The minimum Gasteiger partial charge on any atom is -0.497 e. The molecule has 0 bridgehead atoms. The number of esters is 1. The lowest BCUT2D eigenvalue weighted by Gasteiger charge is -2.05. The van der Waals surface area contributed by atoms with Crippen molar-refractivity contribution in [3.8, 4) is 5.75 Å². The van der Waals surface area contributed by atoms with Crippen LogP contribution < -0.4 is 4.74 Å². The first-order valence-corrected chi connectivity index (χ1v) is 7.86. The highest BCUT2D eigenvalue weighted by molar-refractivity contribution is 9.10. The fourth-order valence-corrected chi connectivity index (χ4v) is 2.80. The molecule has 1 heterocycles. The van der Waals surface area contributed by atoms with E-state index in [1.54, 1.807) is 49.6 Å². The normalized spacial score (nSPS) is 15.5. The maximum Gasteiger partial charge on any atom is 0.363 e. The molecule has 2 aromatic rings. The second kappa shape index (κ2) is 6.56. The minimum absolute atomic E-state index is 0.227. The zero-order valence-corrected chi connectivity index (χ0v) is 14.4. The average Bonchev–Trinajstić information content (AvgIpc) is 2.88. The van der Waals surface area contributed by atoms with Gasteiger partial charge in [-0.3, -0.25) is 0 Å². The third kappa shape index (κ3) is 3.46. The number of ether oxygens (including phenoxy) is 2. The third-order valence-electron chi connectivity index (χ3n) is 3.18. The summed E-state index contributed by atoms with van der Waals surface area (Å²) in [7, 11) is 1.58. The molecule has 0 saturated carbocycles. The van der Waals surface area contributed by atoms with Gasteiger partial charge >= 0.3 is 5.97 Å². The van der Waals surface area contributed by atoms with Crippen LogP contribution in [-0.4, -0.2) is 19.0 Å². The van der Waals surface area contributed by atoms with E-state index < -0.39 is 5.97 Å². The maximum absolute atomic E-state index is 12.0. The molecule has 0 aromatic heterocycles. The van der Waals surface area contributed by atoms with Crippen LogP contribution in [0.4, 0.5) is 0 Å². The summed E-state index contributed by atoms with van der Waals surface area (Å²) in [6.45, 7) is 0. The predicted molar refractivity (Wildman–Crippen MR) is 92.8 cm³/mol. The van der Waals surface area contributed by atoms with Gasteiger partial charge in [-0.1, -0.05) is 23.7 Å². The summed E-state index contributed by atoms with van der Waals surface area (Å²) in [5, 5.41) is 0.591. The van der Waals surface area contributed by atoms with E-state index in [4.69, 9.17) is 21.1 Å². The Balaban J connectivity index is 1.95. The van der Waals surface area contributed by atoms with Gasteiger partial charge in [0.05, 0.1) is 12.7 Å². The average molecular weight is 393 g/mol. The van der Waals surface area contributed by atoms with Crippen LogP contribution in [0.25, 0.3) is 6.08 Å². The van der Waals surface area contributed by atoms with Crippen LogP contribution in [0.15, 0.2) is 57.6 Å². The Morgan fingerprint density at radius 1 is 1.26 bits per heavy atom. The van der Waals surface area contributed by atoms with Crippen molar-refractivity contribution in [1.29, 1.82) is 0 Å². The number of carbonyl (C=O) groups is 1. The van der Waals surface area contributed by atoms with Gasteiger partial charge in [0.1, 0.15) is 5.75 Å². The Hall–Kier alpha value is -2.11. The zero-order valence-electron chi connectivity index (χ0n) is 12.0. The molecule has 0 unspecified atom stereocenters. The Kier molecular flexibility index (Phi) is 4.50. The number of cyclic esters (lactones) is 1. The van der Waals surface area contributed by atoms with Crippen molar-refractivity contribution in [3.63, 3.8) is 0 Å². The van der Waals surface area contributed by atoms with Gasteiger partial charge in [-0.25, -0.2) is 9.79 Å². The summed E-state index contributed by atoms with van der Waals surface area (Å²) < 4.78 is 11.1. The highest BCUT2D eigenvalue weighted by Gasteiger charge is 2.25. The van der Waals surface area contributed by atoms with Gasteiger partial charge in [0.2, 0.25) is 5.90 Å². The molecule has 6 heteroatoms. The smallest absolute Gasteiger partial charge is 0.363 e. The third-order valence-corrected chi connectivity index (χ3v) is 4.07. The molecule has 0 radical (unpaired) electrons. The molecule has 0 aliphatic carbocycles. The second-order valence-corrected chi connectivity index (χ2v) is 6.03. The van der Waals surface area contributed by atoms with Gasteiger partial charge < -0.3 is 9.47 Å². The molecular formula is C17H11BrClNO3. The number of halogens is 2. The summed E-state index contributed by atoms with van der Waals surface area (Å²) in [6, 6.07) is 12.5. The molecule has 3 rings (SSSR count). The van der Waals surface area contributed by atoms with E-state index in [-0.39, 0.29) is 11.6 Å². The lowest BCUT2D eigenvalue weighted by Crippen LogP contribution is -2.06. The topological polar surface area (TPSA) is 47.9 Å². The number of rotatable bonds is 3. The monoisotopic (exact) mass is 391 g/mol. The highest BCUT2D eigenvalue weighted by Crippen LogP contribution is 2.27. The number of hydrogen-bond donors (Lipinski definition) is 0. The second-order valence-electron chi connectivity index (χ2n) is 4.74. The van der Waals surface area contributed by atoms with Crippen molar-refractivity contribution in [2.45, 2.75) is 0 Å². The molecule has 1 aliphatic rings. The number of methoxy groups -OCH3 is 1. The van der Waals surface area contributed by atoms with Gasteiger partial charge in [0, 0.05) is 9.50 Å². The van der Waals surface area contributed by atoms with Crippen molar-refractivity contribution >= 4 is 45.5 Å². The van der Waals surface area contributed by atoms with Crippen LogP contribution in [0.3, 0.4) is 0 Å². The van der Waals surface area contributed by atoms with E-state index in [0.717, 1.165) is 10.0 Å². The van der Waals surface area contributed by atoms with Crippen LogP contribution in [0, 0.1) is 0 Å². The van der Waals surface area contributed by atoms with E-state index in [2.05, 4.69) is 20.9 Å². The van der Waals surface area contributed by atoms with Crippen molar-refractivity contribution in [1.82, 2.24) is 0 Å². The van der Waals surface area contributed by atoms with E-state index >= 15 is 0 Å². The lowest BCUT2D eigenvalue weighted by atomic mass is 10.2. The number of nitrogens with zero attached hydrogens (tertiary/aromatic N) is 1. The van der Waals surface area contributed by atoms with Gasteiger partial charge in [-0.2, -0.15) is 0 Å². The SMILES string of the molecule is COc1ccc(C2=NC(=Cc3cccc(Cl)c3)C(=O)O2)c(Br)c1. The summed E-state index contributed by atoms with van der Waals surface area (Å²) in [6.07, 6.45) is 1.64. The van der Waals surface area contributed by atoms with Crippen molar-refractivity contribution in [2.24, 2.45) is 4.99 Å². The summed E-state index contributed by atoms with van der Waals surface area (Å²) in [5.41, 5.74) is 1.68. The van der Waals surface area contributed by atoms with Crippen LogP contribution in [-0.2, 0) is 9.53 Å². The number of benzene rings is 2.